The molecule has 0 bridgehead atoms. The summed E-state index contributed by atoms with van der Waals surface area (Å²) in [5.41, 5.74) is 4.44. The Balaban J connectivity index is 1.34. The third kappa shape index (κ3) is 4.46. The Bertz CT molecular complexity index is 956. The molecule has 0 saturated carbocycles. The van der Waals surface area contributed by atoms with Crippen LogP contribution in [-0.2, 0) is 13.0 Å². The predicted molar refractivity (Wildman–Crippen MR) is 111 cm³/mol. The molecule has 0 radical (unpaired) electrons. The standard InChI is InChI=1S/C23H27N3O/c1-18-7-8-22-20(15-18)16-21(23(27)24-22)17-26-13-11-25(12-14-26)10-9-19-5-3-2-4-6-19/h2-8,15-16H,9-14,17H2,1H3,(H,24,27). The topological polar surface area (TPSA) is 39.3 Å². The zero-order chi connectivity index (χ0) is 18.6. The zero-order valence-corrected chi connectivity index (χ0v) is 15.9. The number of pyridine rings is 1. The van der Waals surface area contributed by atoms with Crippen LogP contribution in [0.5, 0.6) is 0 Å². The number of aryl methyl sites for hydroxylation is 1. The maximum atomic E-state index is 12.4. The summed E-state index contributed by atoms with van der Waals surface area (Å²) in [7, 11) is 0. The van der Waals surface area contributed by atoms with Gasteiger partial charge in [0.1, 0.15) is 0 Å². The van der Waals surface area contributed by atoms with Crippen molar-refractivity contribution in [1.82, 2.24) is 14.8 Å². The molecule has 0 aliphatic carbocycles. The van der Waals surface area contributed by atoms with Crippen LogP contribution in [0.4, 0.5) is 0 Å². The van der Waals surface area contributed by atoms with Gasteiger partial charge in [0.15, 0.2) is 0 Å². The number of nitrogens with one attached hydrogen (secondary N) is 1. The van der Waals surface area contributed by atoms with Gasteiger partial charge < -0.3 is 9.88 Å². The van der Waals surface area contributed by atoms with Crippen molar-refractivity contribution >= 4 is 10.9 Å². The van der Waals surface area contributed by atoms with Gasteiger partial charge in [0.25, 0.3) is 5.56 Å². The molecule has 0 unspecified atom stereocenters. The van der Waals surface area contributed by atoms with Crippen LogP contribution in [0.15, 0.2) is 59.4 Å². The van der Waals surface area contributed by atoms with Gasteiger partial charge in [0, 0.05) is 50.3 Å². The molecular formula is C23H27N3O. The van der Waals surface area contributed by atoms with E-state index in [9.17, 15) is 4.79 Å². The summed E-state index contributed by atoms with van der Waals surface area (Å²) in [4.78, 5) is 20.4. The van der Waals surface area contributed by atoms with Crippen molar-refractivity contribution in [3.8, 4) is 0 Å². The number of benzene rings is 2. The highest BCUT2D eigenvalue weighted by molar-refractivity contribution is 5.79. The molecule has 4 rings (SSSR count). The Labute approximate surface area is 160 Å². The number of aromatic amines is 1. The van der Waals surface area contributed by atoms with Gasteiger partial charge in [-0.2, -0.15) is 0 Å². The summed E-state index contributed by atoms with van der Waals surface area (Å²) < 4.78 is 0. The molecule has 1 saturated heterocycles. The first kappa shape index (κ1) is 18.0. The van der Waals surface area contributed by atoms with E-state index in [2.05, 4.69) is 64.2 Å². The van der Waals surface area contributed by atoms with Crippen LogP contribution in [0.3, 0.4) is 0 Å². The quantitative estimate of drug-likeness (QED) is 0.759. The summed E-state index contributed by atoms with van der Waals surface area (Å²) in [5, 5.41) is 1.12. The number of H-pyrrole nitrogens is 1. The fourth-order valence-electron chi connectivity index (χ4n) is 3.83. The van der Waals surface area contributed by atoms with Gasteiger partial charge in [-0.1, -0.05) is 42.0 Å². The van der Waals surface area contributed by atoms with Crippen molar-refractivity contribution < 1.29 is 0 Å². The third-order valence-electron chi connectivity index (χ3n) is 5.50. The third-order valence-corrected chi connectivity index (χ3v) is 5.50. The predicted octanol–water partition coefficient (Wildman–Crippen LogP) is 3.20. The second kappa shape index (κ2) is 8.07. The normalized spacial score (nSPS) is 16.0. The Kier molecular flexibility index (Phi) is 5.37. The van der Waals surface area contributed by atoms with Crippen molar-refractivity contribution in [2.24, 2.45) is 0 Å². The summed E-state index contributed by atoms with van der Waals surface area (Å²) in [6.45, 7) is 8.08. The lowest BCUT2D eigenvalue weighted by Crippen LogP contribution is -2.46. The molecule has 4 heteroatoms. The summed E-state index contributed by atoms with van der Waals surface area (Å²) in [5.74, 6) is 0. The molecule has 1 aromatic heterocycles. The molecule has 3 aromatic rings. The number of aromatic nitrogens is 1. The van der Waals surface area contributed by atoms with E-state index >= 15 is 0 Å². The SMILES string of the molecule is Cc1ccc2[nH]c(=O)c(CN3CCN(CCc4ccccc4)CC3)cc2c1. The number of fused-ring (bicyclic) bond motifs is 1. The van der Waals surface area contributed by atoms with Crippen LogP contribution in [0.25, 0.3) is 10.9 Å². The molecular weight excluding hydrogens is 334 g/mol. The minimum Gasteiger partial charge on any atom is -0.322 e. The van der Waals surface area contributed by atoms with Crippen molar-refractivity contribution in [1.29, 1.82) is 0 Å². The highest BCUT2D eigenvalue weighted by atomic mass is 16.1. The first-order valence-corrected chi connectivity index (χ1v) is 9.78. The number of hydrogen-bond acceptors (Lipinski definition) is 3. The van der Waals surface area contributed by atoms with Crippen LogP contribution in [0.2, 0.25) is 0 Å². The van der Waals surface area contributed by atoms with E-state index in [-0.39, 0.29) is 5.56 Å². The highest BCUT2D eigenvalue weighted by Crippen LogP contribution is 2.15. The van der Waals surface area contributed by atoms with E-state index < -0.39 is 0 Å². The Hall–Kier alpha value is -2.43. The van der Waals surface area contributed by atoms with Crippen molar-refractivity contribution in [2.75, 3.05) is 32.7 Å². The second-order valence-corrected chi connectivity index (χ2v) is 7.57. The zero-order valence-electron chi connectivity index (χ0n) is 15.9. The number of piperazine rings is 1. The molecule has 0 atom stereocenters. The molecule has 140 valence electrons. The largest absolute Gasteiger partial charge is 0.322 e. The highest BCUT2D eigenvalue weighted by Gasteiger charge is 2.18. The van der Waals surface area contributed by atoms with E-state index in [1.165, 1.54) is 11.1 Å². The minimum absolute atomic E-state index is 0.0397. The van der Waals surface area contributed by atoms with Gasteiger partial charge in [0.05, 0.1) is 0 Å². The molecule has 2 heterocycles. The van der Waals surface area contributed by atoms with Crippen molar-refractivity contribution in [3.63, 3.8) is 0 Å². The summed E-state index contributed by atoms with van der Waals surface area (Å²) in [6.07, 6.45) is 1.10. The fraction of sp³-hybridized carbons (Fsp3) is 0.348. The van der Waals surface area contributed by atoms with E-state index in [0.29, 0.717) is 0 Å². The van der Waals surface area contributed by atoms with Gasteiger partial charge in [-0.25, -0.2) is 0 Å². The van der Waals surface area contributed by atoms with Gasteiger partial charge in [-0.3, -0.25) is 9.69 Å². The van der Waals surface area contributed by atoms with Gasteiger partial charge in [0.2, 0.25) is 0 Å². The molecule has 4 nitrogen and oxygen atoms in total. The molecule has 27 heavy (non-hydrogen) atoms. The van der Waals surface area contributed by atoms with Gasteiger partial charge >= 0.3 is 0 Å². The van der Waals surface area contributed by atoms with E-state index in [0.717, 1.165) is 62.2 Å². The smallest absolute Gasteiger partial charge is 0.252 e. The fourth-order valence-corrected chi connectivity index (χ4v) is 3.83. The molecule has 1 aliphatic heterocycles. The second-order valence-electron chi connectivity index (χ2n) is 7.57. The first-order valence-electron chi connectivity index (χ1n) is 9.78. The van der Waals surface area contributed by atoms with Crippen LogP contribution in [0.1, 0.15) is 16.7 Å². The molecule has 2 aromatic carbocycles. The lowest BCUT2D eigenvalue weighted by molar-refractivity contribution is 0.128. The number of hydrogen-bond donors (Lipinski definition) is 1. The molecule has 1 aliphatic rings. The van der Waals surface area contributed by atoms with Crippen LogP contribution < -0.4 is 5.56 Å². The van der Waals surface area contributed by atoms with Gasteiger partial charge in [-0.05, 0) is 42.5 Å². The summed E-state index contributed by atoms with van der Waals surface area (Å²) in [6, 6.07) is 18.9. The Morgan fingerprint density at radius 1 is 0.926 bits per heavy atom. The van der Waals surface area contributed by atoms with Crippen molar-refractivity contribution in [2.45, 2.75) is 19.9 Å². The minimum atomic E-state index is 0.0397. The monoisotopic (exact) mass is 361 g/mol. The molecule has 1 N–H and O–H groups in total. The van der Waals surface area contributed by atoms with Crippen LogP contribution >= 0.6 is 0 Å². The molecule has 0 amide bonds. The molecule has 1 fully saturated rings. The lowest BCUT2D eigenvalue weighted by Gasteiger charge is -2.34. The van der Waals surface area contributed by atoms with E-state index in [4.69, 9.17) is 0 Å². The Morgan fingerprint density at radius 3 is 2.44 bits per heavy atom. The first-order chi connectivity index (χ1) is 13.2. The average Bonchev–Trinajstić information content (AvgIpc) is 2.69. The maximum absolute atomic E-state index is 12.4. The number of rotatable bonds is 5. The van der Waals surface area contributed by atoms with E-state index in [1.807, 2.05) is 12.1 Å². The molecule has 0 spiro atoms. The average molecular weight is 361 g/mol. The Morgan fingerprint density at radius 2 is 1.67 bits per heavy atom. The number of nitrogens with zero attached hydrogens (tertiary/aromatic N) is 2. The van der Waals surface area contributed by atoms with Crippen LogP contribution in [0, 0.1) is 6.92 Å². The van der Waals surface area contributed by atoms with Crippen molar-refractivity contribution in [3.05, 3.63) is 81.6 Å². The lowest BCUT2D eigenvalue weighted by atomic mass is 10.1. The summed E-state index contributed by atoms with van der Waals surface area (Å²) >= 11 is 0. The van der Waals surface area contributed by atoms with E-state index in [1.54, 1.807) is 0 Å². The van der Waals surface area contributed by atoms with Crippen LogP contribution in [-0.4, -0.2) is 47.5 Å². The maximum Gasteiger partial charge on any atom is 0.252 e. The van der Waals surface area contributed by atoms with Gasteiger partial charge in [-0.15, -0.1) is 0 Å².